The summed E-state index contributed by atoms with van der Waals surface area (Å²) >= 11 is 0. The zero-order valence-corrected chi connectivity index (χ0v) is 18.3. The minimum Gasteiger partial charge on any atom is -0.493 e. The van der Waals surface area contributed by atoms with Gasteiger partial charge in [0.05, 0.1) is 18.9 Å². The van der Waals surface area contributed by atoms with Gasteiger partial charge >= 0.3 is 17.9 Å². The molecule has 0 unspecified atom stereocenters. The van der Waals surface area contributed by atoms with Gasteiger partial charge in [-0.1, -0.05) is 5.11 Å². The van der Waals surface area contributed by atoms with Crippen molar-refractivity contribution in [2.45, 2.75) is 39.5 Å². The van der Waals surface area contributed by atoms with E-state index in [2.05, 4.69) is 24.2 Å². The molecule has 1 aromatic carbocycles. The van der Waals surface area contributed by atoms with Gasteiger partial charge in [0.2, 0.25) is 13.6 Å². The fourth-order valence-corrected chi connectivity index (χ4v) is 2.30. The Balaban J connectivity index is 2.54. The van der Waals surface area contributed by atoms with Crippen LogP contribution in [0.25, 0.3) is 10.4 Å². The molecule has 13 nitrogen and oxygen atoms in total. The van der Waals surface area contributed by atoms with Crippen molar-refractivity contribution in [1.82, 2.24) is 0 Å². The lowest BCUT2D eigenvalue weighted by atomic mass is 10.2. The molecule has 33 heavy (non-hydrogen) atoms. The highest BCUT2D eigenvalue weighted by molar-refractivity contribution is 5.70. The fraction of sp³-hybridized carbons (Fsp3) is 0.500. The molecule has 13 heteroatoms. The summed E-state index contributed by atoms with van der Waals surface area (Å²) in [6.45, 7) is 2.55. The van der Waals surface area contributed by atoms with E-state index in [0.717, 1.165) is 0 Å². The van der Waals surface area contributed by atoms with E-state index in [0.29, 0.717) is 24.2 Å². The molecule has 180 valence electrons. The van der Waals surface area contributed by atoms with E-state index < -0.39 is 31.5 Å². The van der Waals surface area contributed by atoms with Crippen LogP contribution < -0.4 is 9.47 Å². The SMILES string of the molecule is CC(=O)OCOC(=O)CCCOc1cc(OCCCC(=O)OCOC=O)c(C)cc1N=[N+]=[N-]. The van der Waals surface area contributed by atoms with E-state index in [-0.39, 0.29) is 44.0 Å². The second kappa shape index (κ2) is 15.8. The summed E-state index contributed by atoms with van der Waals surface area (Å²) in [4.78, 5) is 46.4. The summed E-state index contributed by atoms with van der Waals surface area (Å²) in [5.74, 6) is -0.934. The smallest absolute Gasteiger partial charge is 0.308 e. The minimum atomic E-state index is -0.557. The molecule has 0 N–H and O–H groups in total. The monoisotopic (exact) mass is 467 g/mol. The van der Waals surface area contributed by atoms with Crippen LogP contribution in [0.3, 0.4) is 0 Å². The molecule has 0 bridgehead atoms. The van der Waals surface area contributed by atoms with E-state index in [4.69, 9.17) is 19.7 Å². The highest BCUT2D eigenvalue weighted by atomic mass is 16.7. The summed E-state index contributed by atoms with van der Waals surface area (Å²) in [5.41, 5.74) is 9.71. The number of hydrogen-bond acceptors (Lipinski definition) is 11. The number of ether oxygens (including phenoxy) is 6. The average molecular weight is 467 g/mol. The Morgan fingerprint density at radius 3 is 2.15 bits per heavy atom. The first-order valence-corrected chi connectivity index (χ1v) is 9.82. The summed E-state index contributed by atoms with van der Waals surface area (Å²) in [5, 5.41) is 3.60. The summed E-state index contributed by atoms with van der Waals surface area (Å²) in [7, 11) is 0. The van der Waals surface area contributed by atoms with Gasteiger partial charge in [0.25, 0.3) is 6.47 Å². The number of carbonyl (C=O) groups is 4. The number of nitrogens with zero attached hydrogens (tertiary/aromatic N) is 3. The van der Waals surface area contributed by atoms with Gasteiger partial charge in [-0.25, -0.2) is 0 Å². The van der Waals surface area contributed by atoms with Crippen molar-refractivity contribution in [1.29, 1.82) is 0 Å². The number of hydrogen-bond donors (Lipinski definition) is 0. The standard InChI is InChI=1S/C20H25N3O10/c1-14-9-16(22-23-21)18(30-8-4-6-20(27)33-13-31-15(2)25)10-17(14)29-7-3-5-19(26)32-12-28-11-24/h9-11H,3-8,12-13H2,1-2H3. The fourth-order valence-electron chi connectivity index (χ4n) is 2.30. The van der Waals surface area contributed by atoms with Crippen molar-refractivity contribution >= 4 is 30.1 Å². The van der Waals surface area contributed by atoms with Crippen LogP contribution in [0, 0.1) is 6.92 Å². The van der Waals surface area contributed by atoms with E-state index in [9.17, 15) is 19.2 Å². The third-order valence-corrected chi connectivity index (χ3v) is 3.81. The molecule has 1 rings (SSSR count). The lowest BCUT2D eigenvalue weighted by Gasteiger charge is -2.14. The van der Waals surface area contributed by atoms with Crippen LogP contribution in [0.15, 0.2) is 17.2 Å². The normalized spacial score (nSPS) is 9.76. The van der Waals surface area contributed by atoms with Gasteiger partial charge in [-0.05, 0) is 36.9 Å². The molecule has 0 amide bonds. The molecule has 0 aliphatic heterocycles. The minimum absolute atomic E-state index is 0.0291. The summed E-state index contributed by atoms with van der Waals surface area (Å²) in [6, 6.07) is 3.14. The predicted molar refractivity (Wildman–Crippen MR) is 110 cm³/mol. The molecule has 0 saturated heterocycles. The Kier molecular flexibility index (Phi) is 12.9. The van der Waals surface area contributed by atoms with Crippen LogP contribution in [-0.2, 0) is 38.1 Å². The molecule has 0 heterocycles. The van der Waals surface area contributed by atoms with Gasteiger partial charge in [-0.2, -0.15) is 0 Å². The Morgan fingerprint density at radius 2 is 1.58 bits per heavy atom. The lowest BCUT2D eigenvalue weighted by Crippen LogP contribution is -2.11. The highest BCUT2D eigenvalue weighted by Crippen LogP contribution is 2.35. The van der Waals surface area contributed by atoms with Crippen molar-refractivity contribution in [3.8, 4) is 11.5 Å². The van der Waals surface area contributed by atoms with Crippen molar-refractivity contribution in [2.24, 2.45) is 5.11 Å². The summed E-state index contributed by atoms with van der Waals surface area (Å²) < 4.78 is 29.5. The first-order chi connectivity index (χ1) is 15.9. The van der Waals surface area contributed by atoms with E-state index >= 15 is 0 Å². The van der Waals surface area contributed by atoms with Crippen molar-refractivity contribution < 1.29 is 47.6 Å². The van der Waals surface area contributed by atoms with Crippen molar-refractivity contribution in [3.05, 3.63) is 28.1 Å². The molecule has 0 fully saturated rings. The van der Waals surface area contributed by atoms with Gasteiger partial charge in [-0.15, -0.1) is 0 Å². The van der Waals surface area contributed by atoms with Crippen LogP contribution in [0.2, 0.25) is 0 Å². The van der Waals surface area contributed by atoms with Gasteiger partial charge < -0.3 is 28.4 Å². The van der Waals surface area contributed by atoms with Gasteiger partial charge in [0.15, 0.2) is 0 Å². The molecule has 0 aliphatic carbocycles. The molecule has 0 spiro atoms. The third kappa shape index (κ3) is 11.8. The van der Waals surface area contributed by atoms with Crippen LogP contribution in [0.1, 0.15) is 38.2 Å². The molecule has 0 aromatic heterocycles. The zero-order valence-electron chi connectivity index (χ0n) is 18.3. The molecule has 0 aliphatic rings. The first-order valence-electron chi connectivity index (χ1n) is 9.82. The quantitative estimate of drug-likeness (QED) is 0.0669. The van der Waals surface area contributed by atoms with Gasteiger partial charge in [0.1, 0.15) is 11.5 Å². The number of benzene rings is 1. The van der Waals surface area contributed by atoms with Crippen LogP contribution in [0.4, 0.5) is 5.69 Å². The lowest BCUT2D eigenvalue weighted by molar-refractivity contribution is -0.166. The zero-order chi connectivity index (χ0) is 24.5. The number of carbonyl (C=O) groups excluding carboxylic acids is 4. The maximum Gasteiger partial charge on any atom is 0.308 e. The largest absolute Gasteiger partial charge is 0.493 e. The molecule has 0 saturated carbocycles. The molecular weight excluding hydrogens is 442 g/mol. The number of azide groups is 1. The van der Waals surface area contributed by atoms with E-state index in [1.165, 1.54) is 6.92 Å². The van der Waals surface area contributed by atoms with E-state index in [1.54, 1.807) is 19.1 Å². The maximum absolute atomic E-state index is 11.6. The first kappa shape index (κ1) is 27.0. The second-order valence-corrected chi connectivity index (χ2v) is 6.35. The second-order valence-electron chi connectivity index (χ2n) is 6.35. The van der Waals surface area contributed by atoms with Crippen molar-refractivity contribution in [3.63, 3.8) is 0 Å². The highest BCUT2D eigenvalue weighted by Gasteiger charge is 2.11. The van der Waals surface area contributed by atoms with Gasteiger partial charge in [0, 0.05) is 30.7 Å². The predicted octanol–water partition coefficient (Wildman–Crippen LogP) is 2.99. The topological polar surface area (TPSA) is 172 Å². The Labute approximate surface area is 189 Å². The van der Waals surface area contributed by atoms with Crippen LogP contribution in [0.5, 0.6) is 11.5 Å². The third-order valence-electron chi connectivity index (χ3n) is 3.81. The van der Waals surface area contributed by atoms with Crippen LogP contribution >= 0.6 is 0 Å². The summed E-state index contributed by atoms with van der Waals surface area (Å²) in [6.07, 6.45) is 0.744. The number of rotatable bonds is 16. The number of aryl methyl sites for hydroxylation is 1. The maximum atomic E-state index is 11.6. The molecular formula is C20H25N3O10. The Morgan fingerprint density at radius 1 is 0.970 bits per heavy atom. The van der Waals surface area contributed by atoms with Crippen molar-refractivity contribution in [2.75, 3.05) is 26.8 Å². The Bertz CT molecular complexity index is 868. The van der Waals surface area contributed by atoms with Gasteiger partial charge in [-0.3, -0.25) is 19.2 Å². The molecule has 0 atom stereocenters. The van der Waals surface area contributed by atoms with Crippen LogP contribution in [-0.4, -0.2) is 51.2 Å². The Hall–Kier alpha value is -3.99. The average Bonchev–Trinajstić information content (AvgIpc) is 2.76. The molecule has 1 aromatic rings. The molecule has 0 radical (unpaired) electrons. The number of esters is 3. The van der Waals surface area contributed by atoms with E-state index in [1.807, 2.05) is 0 Å².